The molecule has 94 valence electrons. The minimum absolute atomic E-state index is 0.0307. The molecule has 0 saturated carbocycles. The van der Waals surface area contributed by atoms with Crippen molar-refractivity contribution in [1.29, 1.82) is 0 Å². The van der Waals surface area contributed by atoms with E-state index in [-0.39, 0.29) is 5.91 Å². The maximum absolute atomic E-state index is 11.7. The van der Waals surface area contributed by atoms with Gasteiger partial charge in [0.15, 0.2) is 0 Å². The van der Waals surface area contributed by atoms with E-state index in [9.17, 15) is 4.79 Å². The minimum atomic E-state index is -0.0307. The van der Waals surface area contributed by atoms with Gasteiger partial charge in [0, 0.05) is 24.5 Å². The molecule has 1 heterocycles. The van der Waals surface area contributed by atoms with Gasteiger partial charge in [0.2, 0.25) is 5.91 Å². The summed E-state index contributed by atoms with van der Waals surface area (Å²) in [5.41, 5.74) is 1.44. The average molecular weight is 264 g/mol. The van der Waals surface area contributed by atoms with Gasteiger partial charge < -0.3 is 10.6 Å². The van der Waals surface area contributed by atoms with E-state index in [1.807, 2.05) is 19.2 Å². The zero-order valence-electron chi connectivity index (χ0n) is 10.0. The zero-order chi connectivity index (χ0) is 13.0. The summed E-state index contributed by atoms with van der Waals surface area (Å²) in [6.07, 6.45) is 2.11. The molecule has 0 spiro atoms. The van der Waals surface area contributed by atoms with Gasteiger partial charge in [0.25, 0.3) is 0 Å². The van der Waals surface area contributed by atoms with Crippen molar-refractivity contribution in [3.8, 4) is 0 Å². The fraction of sp³-hybridized carbons (Fsp3) is 0.231. The van der Waals surface area contributed by atoms with Crippen LogP contribution in [0.2, 0.25) is 5.02 Å². The number of nitrogens with one attached hydrogen (secondary N) is 2. The number of amides is 1. The molecule has 0 atom stereocenters. The highest BCUT2D eigenvalue weighted by Crippen LogP contribution is 2.27. The van der Waals surface area contributed by atoms with Crippen LogP contribution in [0, 0.1) is 0 Å². The number of nitrogens with zero attached hydrogens (tertiary/aromatic N) is 1. The summed E-state index contributed by atoms with van der Waals surface area (Å²) < 4.78 is 0. The summed E-state index contributed by atoms with van der Waals surface area (Å²) in [7, 11) is 1.81. The van der Waals surface area contributed by atoms with Gasteiger partial charge in [-0.2, -0.15) is 0 Å². The molecule has 1 amide bonds. The second kappa shape index (κ2) is 5.80. The quantitative estimate of drug-likeness (QED) is 0.891. The molecular formula is C13H14ClN3O. The maximum atomic E-state index is 11.7. The van der Waals surface area contributed by atoms with Crippen LogP contribution in [-0.4, -0.2) is 24.5 Å². The van der Waals surface area contributed by atoms with Crippen molar-refractivity contribution in [2.24, 2.45) is 0 Å². The molecule has 0 aliphatic rings. The van der Waals surface area contributed by atoms with E-state index in [0.717, 1.165) is 11.1 Å². The Morgan fingerprint density at radius 3 is 3.00 bits per heavy atom. The molecule has 0 fully saturated rings. The van der Waals surface area contributed by atoms with Crippen molar-refractivity contribution >= 4 is 34.1 Å². The molecule has 5 heteroatoms. The van der Waals surface area contributed by atoms with Crippen LogP contribution in [0.25, 0.3) is 10.9 Å². The number of aromatic nitrogens is 1. The van der Waals surface area contributed by atoms with Crippen molar-refractivity contribution in [3.05, 3.63) is 35.5 Å². The van der Waals surface area contributed by atoms with Gasteiger partial charge in [-0.1, -0.05) is 11.6 Å². The number of hydrogen-bond acceptors (Lipinski definition) is 3. The lowest BCUT2D eigenvalue weighted by Crippen LogP contribution is -2.18. The fourth-order valence-corrected chi connectivity index (χ4v) is 1.91. The second-order valence-corrected chi connectivity index (χ2v) is 4.30. The highest BCUT2D eigenvalue weighted by molar-refractivity contribution is 6.35. The van der Waals surface area contributed by atoms with Gasteiger partial charge in [-0.15, -0.1) is 0 Å². The van der Waals surface area contributed by atoms with Crippen molar-refractivity contribution in [2.75, 3.05) is 18.9 Å². The smallest absolute Gasteiger partial charge is 0.225 e. The van der Waals surface area contributed by atoms with Crippen molar-refractivity contribution in [2.45, 2.75) is 6.42 Å². The van der Waals surface area contributed by atoms with Crippen LogP contribution in [0.1, 0.15) is 6.42 Å². The number of halogens is 1. The standard InChI is InChI=1S/C13H14ClN3O/c1-15-8-6-12(18)17-11-5-4-10(14)13-9(11)3-2-7-16-13/h2-5,7,15H,6,8H2,1H3,(H,17,18). The van der Waals surface area contributed by atoms with E-state index in [2.05, 4.69) is 15.6 Å². The number of anilines is 1. The van der Waals surface area contributed by atoms with Gasteiger partial charge in [-0.05, 0) is 31.3 Å². The first-order valence-corrected chi connectivity index (χ1v) is 6.08. The number of rotatable bonds is 4. The summed E-state index contributed by atoms with van der Waals surface area (Å²) >= 11 is 6.06. The minimum Gasteiger partial charge on any atom is -0.325 e. The second-order valence-electron chi connectivity index (χ2n) is 3.90. The van der Waals surface area contributed by atoms with Gasteiger partial charge in [0.05, 0.1) is 16.2 Å². The number of pyridine rings is 1. The highest BCUT2D eigenvalue weighted by Gasteiger charge is 2.08. The van der Waals surface area contributed by atoms with Crippen molar-refractivity contribution in [1.82, 2.24) is 10.3 Å². The Bertz CT molecular complexity index is 571. The van der Waals surface area contributed by atoms with E-state index < -0.39 is 0 Å². The Labute approximate surface area is 110 Å². The molecule has 4 nitrogen and oxygen atoms in total. The monoisotopic (exact) mass is 263 g/mol. The van der Waals surface area contributed by atoms with Crippen molar-refractivity contribution < 1.29 is 4.79 Å². The van der Waals surface area contributed by atoms with Crippen LogP contribution in [0.5, 0.6) is 0 Å². The first-order valence-electron chi connectivity index (χ1n) is 5.70. The van der Waals surface area contributed by atoms with Crippen LogP contribution in [0.4, 0.5) is 5.69 Å². The molecule has 1 aromatic carbocycles. The maximum Gasteiger partial charge on any atom is 0.225 e. The third-order valence-electron chi connectivity index (χ3n) is 2.60. The van der Waals surface area contributed by atoms with Gasteiger partial charge in [0.1, 0.15) is 0 Å². The Balaban J connectivity index is 2.29. The van der Waals surface area contributed by atoms with Crippen LogP contribution in [0.3, 0.4) is 0 Å². The third kappa shape index (κ3) is 2.78. The van der Waals surface area contributed by atoms with Crippen LogP contribution < -0.4 is 10.6 Å². The fourth-order valence-electron chi connectivity index (χ4n) is 1.70. The van der Waals surface area contributed by atoms with Gasteiger partial charge >= 0.3 is 0 Å². The molecule has 0 bridgehead atoms. The molecule has 1 aromatic heterocycles. The normalized spacial score (nSPS) is 10.6. The van der Waals surface area contributed by atoms with E-state index in [1.165, 1.54) is 0 Å². The first-order chi connectivity index (χ1) is 8.72. The lowest BCUT2D eigenvalue weighted by atomic mass is 10.1. The van der Waals surface area contributed by atoms with Crippen molar-refractivity contribution in [3.63, 3.8) is 0 Å². The van der Waals surface area contributed by atoms with Crippen LogP contribution in [0.15, 0.2) is 30.5 Å². The number of hydrogen-bond donors (Lipinski definition) is 2. The molecule has 0 radical (unpaired) electrons. The Hall–Kier alpha value is -1.65. The largest absolute Gasteiger partial charge is 0.325 e. The lowest BCUT2D eigenvalue weighted by molar-refractivity contribution is -0.116. The molecule has 0 saturated heterocycles. The number of fused-ring (bicyclic) bond motifs is 1. The summed E-state index contributed by atoms with van der Waals surface area (Å²) in [5.74, 6) is -0.0307. The van der Waals surface area contributed by atoms with Crippen LogP contribution in [-0.2, 0) is 4.79 Å². The summed E-state index contributed by atoms with van der Waals surface area (Å²) in [5, 5.41) is 7.24. The van der Waals surface area contributed by atoms with E-state index in [0.29, 0.717) is 23.5 Å². The van der Waals surface area contributed by atoms with Gasteiger partial charge in [-0.3, -0.25) is 9.78 Å². The predicted molar refractivity (Wildman–Crippen MR) is 73.9 cm³/mol. The SMILES string of the molecule is CNCCC(=O)Nc1ccc(Cl)c2ncccc12. The highest BCUT2D eigenvalue weighted by atomic mass is 35.5. The van der Waals surface area contributed by atoms with E-state index in [1.54, 1.807) is 18.3 Å². The van der Waals surface area contributed by atoms with Gasteiger partial charge in [-0.25, -0.2) is 0 Å². The third-order valence-corrected chi connectivity index (χ3v) is 2.90. The average Bonchev–Trinajstić information content (AvgIpc) is 2.40. The number of carbonyl (C=O) groups excluding carboxylic acids is 1. The predicted octanol–water partition coefficient (Wildman–Crippen LogP) is 2.44. The van der Waals surface area contributed by atoms with E-state index in [4.69, 9.17) is 11.6 Å². The Morgan fingerprint density at radius 1 is 1.39 bits per heavy atom. The first kappa shape index (κ1) is 12.8. The number of benzene rings is 1. The topological polar surface area (TPSA) is 54.0 Å². The molecule has 0 aliphatic carbocycles. The molecule has 0 aliphatic heterocycles. The molecule has 2 rings (SSSR count). The molecular weight excluding hydrogens is 250 g/mol. The summed E-state index contributed by atoms with van der Waals surface area (Å²) in [6, 6.07) is 7.25. The summed E-state index contributed by atoms with van der Waals surface area (Å²) in [4.78, 5) is 15.9. The lowest BCUT2D eigenvalue weighted by Gasteiger charge is -2.09. The Morgan fingerprint density at radius 2 is 2.22 bits per heavy atom. The van der Waals surface area contributed by atoms with E-state index >= 15 is 0 Å². The molecule has 2 N–H and O–H groups in total. The molecule has 18 heavy (non-hydrogen) atoms. The molecule has 2 aromatic rings. The summed E-state index contributed by atoms with van der Waals surface area (Å²) in [6.45, 7) is 0.648. The molecule has 0 unspecified atom stereocenters. The number of carbonyl (C=O) groups is 1. The van der Waals surface area contributed by atoms with Crippen LogP contribution >= 0.6 is 11.6 Å². The Kier molecular flexibility index (Phi) is 4.12. The zero-order valence-corrected chi connectivity index (χ0v) is 10.8.